The molecule has 0 spiro atoms. The van der Waals surface area contributed by atoms with Gasteiger partial charge in [0.05, 0.1) is 79.7 Å². The molecule has 0 aliphatic carbocycles. The lowest BCUT2D eigenvalue weighted by Gasteiger charge is -2.13. The van der Waals surface area contributed by atoms with Crippen LogP contribution in [0.3, 0.4) is 0 Å². The van der Waals surface area contributed by atoms with E-state index >= 15 is 0 Å². The number of hydrogen-bond acceptors (Lipinski definition) is 10. The maximum absolute atomic E-state index is 6.02. The van der Waals surface area contributed by atoms with Crippen LogP contribution >= 0.6 is 0 Å². The van der Waals surface area contributed by atoms with Gasteiger partial charge in [0.25, 0.3) is 0 Å². The van der Waals surface area contributed by atoms with E-state index in [1.54, 1.807) is 56.9 Å². The quantitative estimate of drug-likeness (QED) is 0.122. The van der Waals surface area contributed by atoms with Gasteiger partial charge in [0.1, 0.15) is 46.0 Å². The van der Waals surface area contributed by atoms with Gasteiger partial charge in [0.2, 0.25) is 0 Å². The van der Waals surface area contributed by atoms with Crippen molar-refractivity contribution < 1.29 is 37.9 Å². The van der Waals surface area contributed by atoms with E-state index < -0.39 is 0 Å². The Kier molecular flexibility index (Phi) is 11.2. The maximum Gasteiger partial charge on any atom is 0.127 e. The Balaban J connectivity index is 1.53. The summed E-state index contributed by atoms with van der Waals surface area (Å²) in [7, 11) is 13.2. The first-order chi connectivity index (χ1) is 31.3. The number of methoxy groups -OCH3 is 8. The topological polar surface area (TPSA) is 131 Å². The second-order valence-electron chi connectivity index (χ2n) is 14.8. The fraction of sp³-hybridized carbons (Fsp3) is 0.154. The van der Waals surface area contributed by atoms with Crippen LogP contribution in [0.25, 0.3) is 90.9 Å². The number of hydrogen-bond donors (Lipinski definition) is 2. The highest BCUT2D eigenvalue weighted by Crippen LogP contribution is 2.45. The molecule has 2 aliphatic heterocycles. The summed E-state index contributed by atoms with van der Waals surface area (Å²) in [6.45, 7) is 0. The number of rotatable bonds is 12. The summed E-state index contributed by atoms with van der Waals surface area (Å²) in [5, 5.41) is 0. The molecule has 0 amide bonds. The molecule has 0 saturated carbocycles. The number of nitrogens with zero attached hydrogens (tertiary/aromatic N) is 2. The number of aromatic amines is 2. The molecule has 322 valence electrons. The zero-order chi connectivity index (χ0) is 44.5. The van der Waals surface area contributed by atoms with E-state index in [1.807, 2.05) is 121 Å². The first-order valence-corrected chi connectivity index (χ1v) is 20.4. The van der Waals surface area contributed by atoms with Crippen LogP contribution in [0.1, 0.15) is 22.8 Å². The van der Waals surface area contributed by atoms with E-state index in [4.69, 9.17) is 47.9 Å². The molecule has 0 unspecified atom stereocenters. The normalized spacial score (nSPS) is 11.6. The maximum atomic E-state index is 6.02. The van der Waals surface area contributed by atoms with Crippen molar-refractivity contribution in [1.29, 1.82) is 0 Å². The van der Waals surface area contributed by atoms with Gasteiger partial charge in [0, 0.05) is 66.6 Å². The predicted molar refractivity (Wildman–Crippen MR) is 253 cm³/mol. The first kappa shape index (κ1) is 41.2. The zero-order valence-electron chi connectivity index (χ0n) is 36.7. The van der Waals surface area contributed by atoms with Gasteiger partial charge in [-0.25, -0.2) is 9.97 Å². The molecule has 7 aromatic rings. The van der Waals surface area contributed by atoms with Crippen LogP contribution in [-0.4, -0.2) is 76.8 Å². The number of H-pyrrole nitrogens is 2. The summed E-state index contributed by atoms with van der Waals surface area (Å²) < 4.78 is 47.1. The van der Waals surface area contributed by atoms with Crippen LogP contribution in [0.15, 0.2) is 97.1 Å². The van der Waals surface area contributed by atoms with Crippen molar-refractivity contribution in [3.05, 3.63) is 120 Å². The van der Waals surface area contributed by atoms with Gasteiger partial charge >= 0.3 is 0 Å². The molecule has 0 fully saturated rings. The van der Waals surface area contributed by atoms with E-state index in [0.717, 1.165) is 66.6 Å². The van der Waals surface area contributed by atoms with Gasteiger partial charge in [-0.05, 0) is 121 Å². The summed E-state index contributed by atoms with van der Waals surface area (Å²) in [6, 6.07) is 31.1. The van der Waals surface area contributed by atoms with Crippen molar-refractivity contribution in [2.75, 3.05) is 56.9 Å². The van der Waals surface area contributed by atoms with Gasteiger partial charge in [-0.15, -0.1) is 0 Å². The highest BCUT2D eigenvalue weighted by Gasteiger charge is 2.24. The molecule has 9 rings (SSSR count). The Labute approximate surface area is 370 Å². The third kappa shape index (κ3) is 7.28. The lowest BCUT2D eigenvalue weighted by atomic mass is 10.0. The minimum absolute atomic E-state index is 0.635. The monoisotopic (exact) mass is 854 g/mol. The summed E-state index contributed by atoms with van der Waals surface area (Å²) in [5.41, 5.74) is 11.9. The van der Waals surface area contributed by atoms with Gasteiger partial charge < -0.3 is 47.9 Å². The second-order valence-corrected chi connectivity index (χ2v) is 14.8. The van der Waals surface area contributed by atoms with E-state index in [9.17, 15) is 0 Å². The third-order valence-electron chi connectivity index (χ3n) is 11.5. The molecule has 64 heavy (non-hydrogen) atoms. The molecular formula is C52H46N4O8. The smallest absolute Gasteiger partial charge is 0.127 e. The second kappa shape index (κ2) is 17.3. The van der Waals surface area contributed by atoms with Crippen LogP contribution in [0.2, 0.25) is 0 Å². The summed E-state index contributed by atoms with van der Waals surface area (Å²) in [5.74, 6) is 5.16. The van der Waals surface area contributed by atoms with Crippen molar-refractivity contribution in [3.63, 3.8) is 0 Å². The summed E-state index contributed by atoms with van der Waals surface area (Å²) in [4.78, 5) is 18.5. The van der Waals surface area contributed by atoms with Crippen molar-refractivity contribution in [1.82, 2.24) is 19.9 Å². The molecule has 5 heterocycles. The van der Waals surface area contributed by atoms with Crippen LogP contribution in [0, 0.1) is 0 Å². The van der Waals surface area contributed by atoms with Crippen LogP contribution in [-0.2, 0) is 0 Å². The molecule has 4 aromatic carbocycles. The van der Waals surface area contributed by atoms with Gasteiger partial charge in [-0.2, -0.15) is 0 Å². The van der Waals surface area contributed by atoms with Gasteiger partial charge in [-0.3, -0.25) is 0 Å². The van der Waals surface area contributed by atoms with Crippen molar-refractivity contribution in [3.8, 4) is 90.5 Å². The fourth-order valence-electron chi connectivity index (χ4n) is 8.38. The first-order valence-electron chi connectivity index (χ1n) is 20.4. The minimum atomic E-state index is 0.635. The molecule has 2 aliphatic rings. The largest absolute Gasteiger partial charge is 0.497 e. The fourth-order valence-corrected chi connectivity index (χ4v) is 8.38. The zero-order valence-corrected chi connectivity index (χ0v) is 36.7. The molecule has 0 radical (unpaired) electrons. The van der Waals surface area contributed by atoms with Gasteiger partial charge in [-0.1, -0.05) is 0 Å². The molecular weight excluding hydrogens is 809 g/mol. The van der Waals surface area contributed by atoms with Crippen LogP contribution < -0.4 is 37.9 Å². The summed E-state index contributed by atoms with van der Waals surface area (Å²) in [6.07, 6.45) is 8.05. The highest BCUT2D eigenvalue weighted by atomic mass is 16.5. The highest BCUT2D eigenvalue weighted by molar-refractivity contribution is 6.02. The Morgan fingerprint density at radius 2 is 0.531 bits per heavy atom. The average Bonchev–Trinajstić information content (AvgIpc) is 4.20. The average molecular weight is 855 g/mol. The van der Waals surface area contributed by atoms with E-state index in [-0.39, 0.29) is 0 Å². The molecule has 2 N–H and O–H groups in total. The van der Waals surface area contributed by atoms with E-state index in [1.165, 1.54) is 0 Å². The minimum Gasteiger partial charge on any atom is -0.497 e. The number of ether oxygens (including phenoxy) is 8. The van der Waals surface area contributed by atoms with Crippen LogP contribution in [0.5, 0.6) is 46.0 Å². The molecule has 12 nitrogen and oxygen atoms in total. The Morgan fingerprint density at radius 3 is 0.734 bits per heavy atom. The van der Waals surface area contributed by atoms with Gasteiger partial charge in [0.15, 0.2) is 0 Å². The molecule has 12 heteroatoms. The van der Waals surface area contributed by atoms with E-state index in [0.29, 0.717) is 68.8 Å². The Morgan fingerprint density at radius 1 is 0.297 bits per heavy atom. The molecule has 3 aromatic heterocycles. The number of nitrogens with one attached hydrogen (secondary N) is 2. The van der Waals surface area contributed by atoms with Crippen molar-refractivity contribution in [2.24, 2.45) is 0 Å². The van der Waals surface area contributed by atoms with Crippen LogP contribution in [0.4, 0.5) is 0 Å². The SMILES string of the molecule is COc1ccc(OC)c(-c2c3nc(c(-c4cc(OC)ccc4OC)c4ccc([nH]4)c(-c4cc(OC)ccc4OC)c4nc(c(-c5cc(OC)ccc5OC)c5ccc2[nH]5)C=C4)C=C3)c1. The third-order valence-corrected chi connectivity index (χ3v) is 11.5. The van der Waals surface area contributed by atoms with Crippen molar-refractivity contribution in [2.45, 2.75) is 0 Å². The standard InChI is InChI=1S/C52H46N4O8/c1-57-29-9-21-45(61-5)33(25-29)49-37-13-15-39(53-37)50(34-26-30(58-2)10-22-46(34)62-6)41-17-19-43(55-41)52(36-28-32(60-4)12-24-48(36)64-8)44-20-18-42(56-44)51(40-16-14-38(49)54-40)35-27-31(59-3)11-23-47(35)63-7/h9-28,53,56H,1-8H3. The summed E-state index contributed by atoms with van der Waals surface area (Å²) >= 11 is 0. The molecule has 0 saturated heterocycles. The Hall–Kier alpha value is -8.12. The number of benzene rings is 4. The number of aromatic nitrogens is 4. The van der Waals surface area contributed by atoms with E-state index in [2.05, 4.69) is 9.97 Å². The number of fused-ring (bicyclic) bond motifs is 8. The molecule has 8 bridgehead atoms. The van der Waals surface area contributed by atoms with Crippen molar-refractivity contribution >= 4 is 46.4 Å². The lowest BCUT2D eigenvalue weighted by molar-refractivity contribution is 0.404. The predicted octanol–water partition coefficient (Wildman–Crippen LogP) is 11.4. The Bertz CT molecular complexity index is 2770. The molecule has 0 atom stereocenters. The lowest BCUT2D eigenvalue weighted by Crippen LogP contribution is -1.95.